The van der Waals surface area contributed by atoms with Crippen LogP contribution in [0, 0.1) is 13.8 Å². The quantitative estimate of drug-likeness (QED) is 0.681. The standard InChI is InChI=1S/C10H13NO3/c1-6-8(4-3-5-12)11-7(2)9(6)10(13)14/h3-4,11-12H,5H2,1-2H3,(H,13,14). The van der Waals surface area contributed by atoms with Gasteiger partial charge in [0, 0.05) is 11.4 Å². The van der Waals surface area contributed by atoms with Crippen LogP contribution in [-0.4, -0.2) is 27.8 Å². The van der Waals surface area contributed by atoms with Crippen molar-refractivity contribution in [2.24, 2.45) is 0 Å². The van der Waals surface area contributed by atoms with Crippen LogP contribution in [-0.2, 0) is 0 Å². The van der Waals surface area contributed by atoms with Crippen LogP contribution in [0.2, 0.25) is 0 Å². The summed E-state index contributed by atoms with van der Waals surface area (Å²) in [5.41, 5.74) is 2.36. The highest BCUT2D eigenvalue weighted by atomic mass is 16.4. The summed E-state index contributed by atoms with van der Waals surface area (Å²) < 4.78 is 0. The molecule has 0 saturated carbocycles. The van der Waals surface area contributed by atoms with Gasteiger partial charge in [0.2, 0.25) is 0 Å². The maximum atomic E-state index is 10.8. The van der Waals surface area contributed by atoms with Crippen molar-refractivity contribution in [1.29, 1.82) is 0 Å². The summed E-state index contributed by atoms with van der Waals surface area (Å²) in [5.74, 6) is -0.931. The molecule has 4 nitrogen and oxygen atoms in total. The van der Waals surface area contributed by atoms with E-state index < -0.39 is 5.97 Å². The van der Waals surface area contributed by atoms with Gasteiger partial charge < -0.3 is 15.2 Å². The fourth-order valence-corrected chi connectivity index (χ4v) is 1.43. The van der Waals surface area contributed by atoms with Crippen molar-refractivity contribution in [1.82, 2.24) is 4.98 Å². The molecule has 0 unspecified atom stereocenters. The van der Waals surface area contributed by atoms with E-state index in [0.29, 0.717) is 16.8 Å². The molecule has 76 valence electrons. The van der Waals surface area contributed by atoms with Crippen LogP contribution >= 0.6 is 0 Å². The first kappa shape index (κ1) is 10.5. The van der Waals surface area contributed by atoms with E-state index in [1.54, 1.807) is 26.0 Å². The first-order valence-electron chi connectivity index (χ1n) is 4.27. The molecule has 14 heavy (non-hydrogen) atoms. The number of nitrogens with one attached hydrogen (secondary N) is 1. The Hall–Kier alpha value is -1.55. The van der Waals surface area contributed by atoms with Crippen LogP contribution in [0.5, 0.6) is 0 Å². The second-order valence-electron chi connectivity index (χ2n) is 3.05. The minimum absolute atomic E-state index is 0.0556. The zero-order chi connectivity index (χ0) is 10.7. The smallest absolute Gasteiger partial charge is 0.337 e. The molecular formula is C10H13NO3. The first-order valence-corrected chi connectivity index (χ1v) is 4.27. The van der Waals surface area contributed by atoms with E-state index >= 15 is 0 Å². The van der Waals surface area contributed by atoms with Crippen molar-refractivity contribution in [2.75, 3.05) is 6.61 Å². The van der Waals surface area contributed by atoms with Gasteiger partial charge in [0.25, 0.3) is 0 Å². The van der Waals surface area contributed by atoms with E-state index in [1.807, 2.05) is 0 Å². The first-order chi connectivity index (χ1) is 6.57. The molecule has 0 bridgehead atoms. The lowest BCUT2D eigenvalue weighted by Crippen LogP contribution is -1.98. The molecule has 0 amide bonds. The molecule has 3 N–H and O–H groups in total. The molecule has 0 spiro atoms. The normalized spacial score (nSPS) is 11.1. The van der Waals surface area contributed by atoms with Gasteiger partial charge in [-0.25, -0.2) is 4.79 Å². The average molecular weight is 195 g/mol. The van der Waals surface area contributed by atoms with Gasteiger partial charge in [0.05, 0.1) is 12.2 Å². The SMILES string of the molecule is Cc1[nH]c(C=CCO)c(C)c1C(=O)O. The predicted molar refractivity (Wildman–Crippen MR) is 53.3 cm³/mol. The summed E-state index contributed by atoms with van der Waals surface area (Å²) in [5, 5.41) is 17.5. The minimum atomic E-state index is -0.931. The molecule has 0 fully saturated rings. The predicted octanol–water partition coefficient (Wildman–Crippen LogP) is 1.34. The fourth-order valence-electron chi connectivity index (χ4n) is 1.43. The molecule has 1 heterocycles. The second kappa shape index (κ2) is 4.11. The second-order valence-corrected chi connectivity index (χ2v) is 3.05. The molecule has 0 aliphatic carbocycles. The maximum Gasteiger partial charge on any atom is 0.337 e. The lowest BCUT2D eigenvalue weighted by atomic mass is 10.1. The van der Waals surface area contributed by atoms with E-state index in [0.717, 1.165) is 5.69 Å². The molecule has 4 heteroatoms. The molecule has 0 aliphatic heterocycles. The highest BCUT2D eigenvalue weighted by molar-refractivity contribution is 5.92. The number of carbonyl (C=O) groups is 1. The third kappa shape index (κ3) is 1.85. The van der Waals surface area contributed by atoms with Gasteiger partial charge in [0.15, 0.2) is 0 Å². The third-order valence-electron chi connectivity index (χ3n) is 2.08. The molecule has 0 saturated heterocycles. The topological polar surface area (TPSA) is 73.3 Å². The van der Waals surface area contributed by atoms with Crippen LogP contribution in [0.1, 0.15) is 27.3 Å². The lowest BCUT2D eigenvalue weighted by molar-refractivity contribution is 0.0695. The molecule has 1 rings (SSSR count). The van der Waals surface area contributed by atoms with Crippen LogP contribution in [0.3, 0.4) is 0 Å². The average Bonchev–Trinajstić information content (AvgIpc) is 2.38. The van der Waals surface area contributed by atoms with E-state index in [9.17, 15) is 4.79 Å². The zero-order valence-electron chi connectivity index (χ0n) is 8.16. The number of aliphatic hydroxyl groups excluding tert-OH is 1. The van der Waals surface area contributed by atoms with E-state index in [1.165, 1.54) is 0 Å². The zero-order valence-corrected chi connectivity index (χ0v) is 8.16. The molecular weight excluding hydrogens is 182 g/mol. The van der Waals surface area contributed by atoms with Gasteiger partial charge in [-0.1, -0.05) is 6.08 Å². The number of aryl methyl sites for hydroxylation is 1. The van der Waals surface area contributed by atoms with Crippen LogP contribution < -0.4 is 0 Å². The molecule has 1 aromatic rings. The Morgan fingerprint density at radius 2 is 2.14 bits per heavy atom. The third-order valence-corrected chi connectivity index (χ3v) is 2.08. The van der Waals surface area contributed by atoms with Crippen molar-refractivity contribution in [2.45, 2.75) is 13.8 Å². The van der Waals surface area contributed by atoms with Crippen molar-refractivity contribution < 1.29 is 15.0 Å². The summed E-state index contributed by atoms with van der Waals surface area (Å²) in [6.07, 6.45) is 3.23. The van der Waals surface area contributed by atoms with E-state index in [-0.39, 0.29) is 6.61 Å². The number of hydrogen-bond donors (Lipinski definition) is 3. The highest BCUT2D eigenvalue weighted by Gasteiger charge is 2.15. The van der Waals surface area contributed by atoms with E-state index in [2.05, 4.69) is 4.98 Å². The lowest BCUT2D eigenvalue weighted by Gasteiger charge is -1.93. The van der Waals surface area contributed by atoms with Gasteiger partial charge >= 0.3 is 5.97 Å². The Kier molecular flexibility index (Phi) is 3.09. The van der Waals surface area contributed by atoms with Crippen LogP contribution in [0.15, 0.2) is 6.08 Å². The Morgan fingerprint density at radius 1 is 1.50 bits per heavy atom. The number of H-pyrrole nitrogens is 1. The van der Waals surface area contributed by atoms with Crippen molar-refractivity contribution in [3.05, 3.63) is 28.6 Å². The number of aromatic carboxylic acids is 1. The number of rotatable bonds is 3. The monoisotopic (exact) mass is 195 g/mol. The van der Waals surface area contributed by atoms with Crippen molar-refractivity contribution >= 4 is 12.0 Å². The number of hydrogen-bond acceptors (Lipinski definition) is 2. The Balaban J connectivity index is 3.17. The van der Waals surface area contributed by atoms with Crippen molar-refractivity contribution in [3.63, 3.8) is 0 Å². The number of carboxylic acids is 1. The molecule has 1 aromatic heterocycles. The number of aliphatic hydroxyl groups is 1. The summed E-state index contributed by atoms with van der Waals surface area (Å²) in [4.78, 5) is 13.8. The maximum absolute atomic E-state index is 10.8. The van der Waals surface area contributed by atoms with Gasteiger partial charge in [-0.05, 0) is 25.5 Å². The minimum Gasteiger partial charge on any atom is -0.478 e. The molecule has 0 radical (unpaired) electrons. The van der Waals surface area contributed by atoms with Crippen LogP contribution in [0.25, 0.3) is 6.08 Å². The number of carboxylic acid groups (broad SMARTS) is 1. The van der Waals surface area contributed by atoms with Gasteiger partial charge in [-0.2, -0.15) is 0 Å². The largest absolute Gasteiger partial charge is 0.478 e. The Labute approximate surface area is 81.9 Å². The highest BCUT2D eigenvalue weighted by Crippen LogP contribution is 2.18. The van der Waals surface area contributed by atoms with Crippen LogP contribution in [0.4, 0.5) is 0 Å². The summed E-state index contributed by atoms with van der Waals surface area (Å²) in [7, 11) is 0. The molecule has 0 aromatic carbocycles. The molecule has 0 aliphatic rings. The van der Waals surface area contributed by atoms with E-state index in [4.69, 9.17) is 10.2 Å². The van der Waals surface area contributed by atoms with Gasteiger partial charge in [-0.15, -0.1) is 0 Å². The van der Waals surface area contributed by atoms with Crippen molar-refractivity contribution in [3.8, 4) is 0 Å². The Bertz CT molecular complexity index is 377. The molecule has 0 atom stereocenters. The summed E-state index contributed by atoms with van der Waals surface area (Å²) in [6.45, 7) is 3.40. The summed E-state index contributed by atoms with van der Waals surface area (Å²) >= 11 is 0. The Morgan fingerprint density at radius 3 is 2.57 bits per heavy atom. The fraction of sp³-hybridized carbons (Fsp3) is 0.300. The summed E-state index contributed by atoms with van der Waals surface area (Å²) in [6, 6.07) is 0. The van der Waals surface area contributed by atoms with Gasteiger partial charge in [0.1, 0.15) is 0 Å². The van der Waals surface area contributed by atoms with Gasteiger partial charge in [-0.3, -0.25) is 0 Å². The number of aromatic nitrogens is 1. The number of aromatic amines is 1.